The van der Waals surface area contributed by atoms with Gasteiger partial charge in [0.05, 0.1) is 10.5 Å². The van der Waals surface area contributed by atoms with Gasteiger partial charge in [0.25, 0.3) is 0 Å². The van der Waals surface area contributed by atoms with Gasteiger partial charge in [-0.15, -0.1) is 0 Å². The maximum absolute atomic E-state index is 12.5. The van der Waals surface area contributed by atoms with Crippen molar-refractivity contribution >= 4 is 27.7 Å². The summed E-state index contributed by atoms with van der Waals surface area (Å²) < 4.78 is 33.2. The highest BCUT2D eigenvalue weighted by molar-refractivity contribution is 7.85. The van der Waals surface area contributed by atoms with Crippen molar-refractivity contribution in [2.45, 2.75) is 4.90 Å². The summed E-state index contributed by atoms with van der Waals surface area (Å²) in [6, 6.07) is 6.40. The average Bonchev–Trinajstić information content (AvgIpc) is 2.50. The van der Waals surface area contributed by atoms with E-state index in [-0.39, 0.29) is 27.8 Å². The predicted octanol–water partition coefficient (Wildman–Crippen LogP) is 1.06. The highest BCUT2D eigenvalue weighted by atomic mass is 32.2. The van der Waals surface area contributed by atoms with Crippen molar-refractivity contribution in [1.29, 1.82) is 0 Å². The maximum atomic E-state index is 12.5. The summed E-state index contributed by atoms with van der Waals surface area (Å²) in [5.41, 5.74) is -0.547. The molecule has 0 unspecified atom stereocenters. The molecule has 1 N–H and O–H groups in total. The first-order chi connectivity index (χ1) is 10.7. The van der Waals surface area contributed by atoms with Gasteiger partial charge in [-0.25, -0.2) is 13.2 Å². The molecule has 1 aliphatic rings. The first kappa shape index (κ1) is 15.1. The van der Waals surface area contributed by atoms with Gasteiger partial charge < -0.3 is 9.66 Å². The molecule has 0 amide bonds. The number of aromatic carboxylic acids is 1. The molecule has 1 aliphatic carbocycles. The van der Waals surface area contributed by atoms with Gasteiger partial charge in [-0.3, -0.25) is 9.59 Å². The van der Waals surface area contributed by atoms with E-state index in [1.807, 2.05) is 0 Å². The van der Waals surface area contributed by atoms with Crippen molar-refractivity contribution in [3.63, 3.8) is 0 Å². The van der Waals surface area contributed by atoms with Crippen LogP contribution in [-0.4, -0.2) is 35.6 Å². The summed E-state index contributed by atoms with van der Waals surface area (Å²) in [4.78, 5) is 35.2. The normalized spacial score (nSPS) is 13.4. The molecule has 0 spiro atoms. The Morgan fingerprint density at radius 2 is 1.39 bits per heavy atom. The molecule has 0 saturated heterocycles. The van der Waals surface area contributed by atoms with E-state index < -0.39 is 32.5 Å². The molecule has 7 nitrogen and oxygen atoms in total. The van der Waals surface area contributed by atoms with Gasteiger partial charge in [-0.2, -0.15) is 0 Å². The summed E-state index contributed by atoms with van der Waals surface area (Å²) in [6.07, 6.45) is 0. The number of hydrogen-bond donors (Lipinski definition) is 1. The van der Waals surface area contributed by atoms with Crippen molar-refractivity contribution in [1.82, 2.24) is 0 Å². The lowest BCUT2D eigenvalue weighted by Gasteiger charge is -2.19. The Kier molecular flexibility index (Phi) is 3.17. The van der Waals surface area contributed by atoms with Crippen LogP contribution in [0.3, 0.4) is 0 Å². The minimum atomic E-state index is -4.78. The number of carboxylic acid groups (broad SMARTS) is 1. The van der Waals surface area contributed by atoms with E-state index in [4.69, 9.17) is 5.11 Å². The maximum Gasteiger partial charge on any atom is 0.335 e. The number of benzene rings is 2. The predicted molar refractivity (Wildman–Crippen MR) is 74.7 cm³/mol. The van der Waals surface area contributed by atoms with Crippen LogP contribution < -0.4 is 0 Å². The minimum Gasteiger partial charge on any atom is -0.744 e. The summed E-state index contributed by atoms with van der Waals surface area (Å²) in [5, 5.41) is 8.97. The number of carbonyl (C=O) groups is 3. The van der Waals surface area contributed by atoms with E-state index in [0.717, 1.165) is 24.3 Å². The van der Waals surface area contributed by atoms with Crippen LogP contribution in [-0.2, 0) is 10.1 Å². The molecule has 0 aromatic heterocycles. The molecular weight excluding hydrogens is 324 g/mol. The molecule has 2 aromatic carbocycles. The van der Waals surface area contributed by atoms with Crippen molar-refractivity contribution in [2.75, 3.05) is 0 Å². The highest BCUT2D eigenvalue weighted by Gasteiger charge is 2.30. The van der Waals surface area contributed by atoms with Gasteiger partial charge >= 0.3 is 5.97 Å². The second kappa shape index (κ2) is 4.83. The van der Waals surface area contributed by atoms with E-state index in [1.165, 1.54) is 12.1 Å². The van der Waals surface area contributed by atoms with E-state index in [0.29, 0.717) is 0 Å². The monoisotopic (exact) mass is 331 g/mol. The standard InChI is InChI=1S/C15H8O7S/c16-13-9-3-1-7(15(18)19)5-11(9)14(17)12-6-8(23(20,21)22)2-4-10(12)13/h1-6H,(H,18,19)(H,20,21,22)/p-1. The fourth-order valence-corrected chi connectivity index (χ4v) is 2.91. The molecule has 0 aliphatic heterocycles. The van der Waals surface area contributed by atoms with Crippen LogP contribution in [0.15, 0.2) is 41.3 Å². The van der Waals surface area contributed by atoms with Crippen molar-refractivity contribution in [3.8, 4) is 0 Å². The molecule has 0 radical (unpaired) electrons. The molecule has 3 rings (SSSR count). The molecule has 0 saturated carbocycles. The smallest absolute Gasteiger partial charge is 0.335 e. The van der Waals surface area contributed by atoms with E-state index in [2.05, 4.69) is 0 Å². The Labute approximate surface area is 129 Å². The molecule has 0 bridgehead atoms. The second-order valence-electron chi connectivity index (χ2n) is 4.89. The van der Waals surface area contributed by atoms with Crippen LogP contribution >= 0.6 is 0 Å². The molecule has 0 fully saturated rings. The van der Waals surface area contributed by atoms with Crippen LogP contribution in [0.25, 0.3) is 0 Å². The van der Waals surface area contributed by atoms with Gasteiger partial charge in [-0.1, -0.05) is 0 Å². The van der Waals surface area contributed by atoms with Crippen molar-refractivity contribution in [3.05, 3.63) is 64.2 Å². The Bertz CT molecular complexity index is 1000. The molecular formula is C15H7O7S-. The van der Waals surface area contributed by atoms with Crippen molar-refractivity contribution in [2.24, 2.45) is 0 Å². The Morgan fingerprint density at radius 3 is 1.96 bits per heavy atom. The number of hydrogen-bond acceptors (Lipinski definition) is 6. The Hall–Kier alpha value is -2.84. The van der Waals surface area contributed by atoms with E-state index >= 15 is 0 Å². The zero-order valence-corrected chi connectivity index (χ0v) is 12.1. The summed E-state index contributed by atoms with van der Waals surface area (Å²) in [5.74, 6) is -2.51. The molecule has 0 heterocycles. The third kappa shape index (κ3) is 2.33. The number of ketones is 2. The minimum absolute atomic E-state index is 0.0297. The highest BCUT2D eigenvalue weighted by Crippen LogP contribution is 2.29. The van der Waals surface area contributed by atoms with Gasteiger partial charge in [0.2, 0.25) is 0 Å². The lowest BCUT2D eigenvalue weighted by molar-refractivity contribution is 0.0696. The topological polar surface area (TPSA) is 129 Å². The van der Waals surface area contributed by atoms with Gasteiger partial charge in [0.15, 0.2) is 11.6 Å². The molecule has 8 heteroatoms. The van der Waals surface area contributed by atoms with Crippen molar-refractivity contribution < 1.29 is 32.5 Å². The van der Waals surface area contributed by atoms with Crippen LogP contribution in [0.5, 0.6) is 0 Å². The quantitative estimate of drug-likeness (QED) is 0.695. The lowest BCUT2D eigenvalue weighted by Crippen LogP contribution is -2.22. The van der Waals surface area contributed by atoms with Crippen LogP contribution in [0.1, 0.15) is 42.2 Å². The summed E-state index contributed by atoms with van der Waals surface area (Å²) >= 11 is 0. The fourth-order valence-electron chi connectivity index (χ4n) is 2.42. The molecule has 23 heavy (non-hydrogen) atoms. The second-order valence-corrected chi connectivity index (χ2v) is 6.26. The lowest BCUT2D eigenvalue weighted by atomic mass is 9.83. The third-order valence-electron chi connectivity index (χ3n) is 3.52. The molecule has 2 aromatic rings. The van der Waals surface area contributed by atoms with Gasteiger partial charge in [-0.05, 0) is 36.4 Å². The molecule has 116 valence electrons. The van der Waals surface area contributed by atoms with Gasteiger partial charge in [0, 0.05) is 22.3 Å². The summed E-state index contributed by atoms with van der Waals surface area (Å²) in [6.45, 7) is 0. The number of rotatable bonds is 2. The van der Waals surface area contributed by atoms with Crippen LogP contribution in [0.4, 0.5) is 0 Å². The zero-order valence-electron chi connectivity index (χ0n) is 11.3. The third-order valence-corrected chi connectivity index (χ3v) is 4.36. The first-order valence-electron chi connectivity index (χ1n) is 6.27. The van der Waals surface area contributed by atoms with Crippen LogP contribution in [0, 0.1) is 0 Å². The number of carbonyl (C=O) groups excluding carboxylic acids is 2. The van der Waals surface area contributed by atoms with E-state index in [1.54, 1.807) is 0 Å². The van der Waals surface area contributed by atoms with Gasteiger partial charge in [0.1, 0.15) is 10.1 Å². The largest absolute Gasteiger partial charge is 0.744 e. The zero-order chi connectivity index (χ0) is 16.9. The SMILES string of the molecule is O=C(O)c1ccc2c(c1)C(=O)c1cc(S(=O)(=O)[O-])ccc1C2=O. The fraction of sp³-hybridized carbons (Fsp3) is 0. The average molecular weight is 331 g/mol. The van der Waals surface area contributed by atoms with Crippen LogP contribution in [0.2, 0.25) is 0 Å². The summed E-state index contributed by atoms with van der Waals surface area (Å²) in [7, 11) is -4.78. The van der Waals surface area contributed by atoms with E-state index in [9.17, 15) is 27.4 Å². The Morgan fingerprint density at radius 1 is 0.870 bits per heavy atom. The number of carboxylic acids is 1. The first-order valence-corrected chi connectivity index (χ1v) is 7.67. The molecule has 0 atom stereocenters. The number of fused-ring (bicyclic) bond motifs is 2. The Balaban J connectivity index is 2.25.